The Morgan fingerprint density at radius 1 is 1.32 bits per heavy atom. The van der Waals surface area contributed by atoms with Crippen LogP contribution >= 0.6 is 11.6 Å². The Morgan fingerprint density at radius 3 is 2.74 bits per heavy atom. The average Bonchev–Trinajstić information content (AvgIpc) is 2.92. The number of aryl methyl sites for hydroxylation is 1. The summed E-state index contributed by atoms with van der Waals surface area (Å²) in [5.74, 6) is 1.60. The topological polar surface area (TPSA) is 47.0 Å². The third-order valence-corrected chi connectivity index (χ3v) is 3.87. The first kappa shape index (κ1) is 14.5. The van der Waals surface area contributed by atoms with Crippen LogP contribution in [0.1, 0.15) is 44.0 Å². The summed E-state index contributed by atoms with van der Waals surface area (Å²) in [6.07, 6.45) is 6.27. The van der Waals surface area contributed by atoms with Crippen molar-refractivity contribution in [1.29, 1.82) is 0 Å². The van der Waals surface area contributed by atoms with Gasteiger partial charge >= 0.3 is 0 Å². The molecule has 1 N–H and O–H groups in total. The molecule has 2 rings (SSSR count). The van der Waals surface area contributed by atoms with Crippen LogP contribution in [0.4, 0.5) is 5.82 Å². The SMILES string of the molecule is CCc1nc(Cl)c(C)c(NCCOC2CCCC2)n1. The van der Waals surface area contributed by atoms with E-state index in [2.05, 4.69) is 15.3 Å². The van der Waals surface area contributed by atoms with Crippen LogP contribution in [0.25, 0.3) is 0 Å². The van der Waals surface area contributed by atoms with Crippen molar-refractivity contribution < 1.29 is 4.74 Å². The van der Waals surface area contributed by atoms with Gasteiger partial charge in [-0.25, -0.2) is 9.97 Å². The predicted molar refractivity (Wildman–Crippen MR) is 77.9 cm³/mol. The molecule has 5 heteroatoms. The summed E-state index contributed by atoms with van der Waals surface area (Å²) in [6, 6.07) is 0. The summed E-state index contributed by atoms with van der Waals surface area (Å²) in [7, 11) is 0. The van der Waals surface area contributed by atoms with E-state index in [9.17, 15) is 0 Å². The number of hydrogen-bond donors (Lipinski definition) is 1. The average molecular weight is 284 g/mol. The molecule has 1 fully saturated rings. The maximum Gasteiger partial charge on any atom is 0.137 e. The van der Waals surface area contributed by atoms with Crippen LogP contribution in [0, 0.1) is 6.92 Å². The van der Waals surface area contributed by atoms with Crippen LogP contribution in [0.2, 0.25) is 5.15 Å². The van der Waals surface area contributed by atoms with E-state index in [1.807, 2.05) is 13.8 Å². The van der Waals surface area contributed by atoms with Gasteiger partial charge in [0.15, 0.2) is 0 Å². The van der Waals surface area contributed by atoms with Crippen molar-refractivity contribution in [2.75, 3.05) is 18.5 Å². The minimum Gasteiger partial charge on any atom is -0.376 e. The first-order valence-corrected chi connectivity index (χ1v) is 7.47. The first-order chi connectivity index (χ1) is 9.20. The molecule has 1 aliphatic rings. The molecule has 19 heavy (non-hydrogen) atoms. The molecule has 0 amide bonds. The van der Waals surface area contributed by atoms with E-state index in [4.69, 9.17) is 16.3 Å². The largest absolute Gasteiger partial charge is 0.376 e. The summed E-state index contributed by atoms with van der Waals surface area (Å²) in [5.41, 5.74) is 0.903. The highest BCUT2D eigenvalue weighted by Gasteiger charge is 2.15. The fourth-order valence-corrected chi connectivity index (χ4v) is 2.50. The van der Waals surface area contributed by atoms with E-state index < -0.39 is 0 Å². The van der Waals surface area contributed by atoms with Crippen LogP contribution in [-0.4, -0.2) is 29.2 Å². The Hall–Kier alpha value is -0.870. The van der Waals surface area contributed by atoms with Gasteiger partial charge in [0.2, 0.25) is 0 Å². The van der Waals surface area contributed by atoms with E-state index in [1.165, 1.54) is 25.7 Å². The molecule has 1 aromatic heterocycles. The molecule has 1 heterocycles. The lowest BCUT2D eigenvalue weighted by Gasteiger charge is -2.13. The van der Waals surface area contributed by atoms with Gasteiger partial charge in [0, 0.05) is 18.5 Å². The Balaban J connectivity index is 1.82. The molecular weight excluding hydrogens is 262 g/mol. The van der Waals surface area contributed by atoms with Crippen molar-refractivity contribution in [1.82, 2.24) is 9.97 Å². The molecule has 0 aromatic carbocycles. The van der Waals surface area contributed by atoms with Crippen molar-refractivity contribution in [3.05, 3.63) is 16.5 Å². The number of nitrogens with one attached hydrogen (secondary N) is 1. The van der Waals surface area contributed by atoms with E-state index >= 15 is 0 Å². The van der Waals surface area contributed by atoms with Crippen LogP contribution in [-0.2, 0) is 11.2 Å². The zero-order chi connectivity index (χ0) is 13.7. The zero-order valence-corrected chi connectivity index (χ0v) is 12.5. The zero-order valence-electron chi connectivity index (χ0n) is 11.7. The Morgan fingerprint density at radius 2 is 2.05 bits per heavy atom. The predicted octanol–water partition coefficient (Wildman–Crippen LogP) is 3.37. The molecule has 0 spiro atoms. The Labute approximate surface area is 119 Å². The summed E-state index contributed by atoms with van der Waals surface area (Å²) in [4.78, 5) is 8.68. The molecule has 0 bridgehead atoms. The van der Waals surface area contributed by atoms with Crippen molar-refractivity contribution >= 4 is 17.4 Å². The van der Waals surface area contributed by atoms with E-state index in [0.29, 0.717) is 17.9 Å². The van der Waals surface area contributed by atoms with Gasteiger partial charge in [-0.15, -0.1) is 0 Å². The van der Waals surface area contributed by atoms with E-state index in [1.54, 1.807) is 0 Å². The highest BCUT2D eigenvalue weighted by molar-refractivity contribution is 6.30. The number of anilines is 1. The maximum atomic E-state index is 6.09. The number of aromatic nitrogens is 2. The molecule has 106 valence electrons. The van der Waals surface area contributed by atoms with Crippen molar-refractivity contribution in [3.8, 4) is 0 Å². The third-order valence-electron chi connectivity index (χ3n) is 3.50. The van der Waals surface area contributed by atoms with Crippen molar-refractivity contribution in [2.24, 2.45) is 0 Å². The molecule has 0 unspecified atom stereocenters. The fourth-order valence-electron chi connectivity index (χ4n) is 2.31. The Bertz CT molecular complexity index is 419. The smallest absolute Gasteiger partial charge is 0.137 e. The molecule has 1 aliphatic carbocycles. The lowest BCUT2D eigenvalue weighted by atomic mass is 10.3. The number of ether oxygens (including phenoxy) is 1. The quantitative estimate of drug-likeness (QED) is 0.642. The van der Waals surface area contributed by atoms with Gasteiger partial charge in [0.05, 0.1) is 12.7 Å². The summed E-state index contributed by atoms with van der Waals surface area (Å²) in [5, 5.41) is 3.83. The van der Waals surface area contributed by atoms with Crippen molar-refractivity contribution in [3.63, 3.8) is 0 Å². The molecule has 0 saturated heterocycles. The molecule has 1 saturated carbocycles. The normalized spacial score (nSPS) is 15.9. The number of rotatable bonds is 6. The third kappa shape index (κ3) is 4.05. The van der Waals surface area contributed by atoms with Crippen LogP contribution in [0.3, 0.4) is 0 Å². The van der Waals surface area contributed by atoms with Crippen LogP contribution < -0.4 is 5.32 Å². The number of hydrogen-bond acceptors (Lipinski definition) is 4. The van der Waals surface area contributed by atoms with Gasteiger partial charge in [-0.05, 0) is 19.8 Å². The van der Waals surface area contributed by atoms with Crippen LogP contribution in [0.5, 0.6) is 0 Å². The summed E-state index contributed by atoms with van der Waals surface area (Å²) >= 11 is 6.09. The monoisotopic (exact) mass is 283 g/mol. The fraction of sp³-hybridized carbons (Fsp3) is 0.714. The van der Waals surface area contributed by atoms with E-state index in [-0.39, 0.29) is 0 Å². The molecular formula is C14H22ClN3O. The molecule has 0 atom stereocenters. The van der Waals surface area contributed by atoms with Crippen LogP contribution in [0.15, 0.2) is 0 Å². The maximum absolute atomic E-state index is 6.09. The Kier molecular flexibility index (Phi) is 5.40. The van der Waals surface area contributed by atoms with Gasteiger partial charge < -0.3 is 10.1 Å². The second kappa shape index (κ2) is 7.06. The van der Waals surface area contributed by atoms with Gasteiger partial charge in [-0.3, -0.25) is 0 Å². The van der Waals surface area contributed by atoms with Gasteiger partial charge in [-0.1, -0.05) is 31.4 Å². The van der Waals surface area contributed by atoms with Gasteiger partial charge in [-0.2, -0.15) is 0 Å². The highest BCUT2D eigenvalue weighted by atomic mass is 35.5. The second-order valence-corrected chi connectivity index (χ2v) is 5.32. The number of nitrogens with zero attached hydrogens (tertiary/aromatic N) is 2. The molecule has 0 aliphatic heterocycles. The summed E-state index contributed by atoms with van der Waals surface area (Å²) in [6.45, 7) is 5.43. The summed E-state index contributed by atoms with van der Waals surface area (Å²) < 4.78 is 5.81. The highest BCUT2D eigenvalue weighted by Crippen LogP contribution is 2.21. The standard InChI is InChI=1S/C14H22ClN3O/c1-3-12-17-13(15)10(2)14(18-12)16-8-9-19-11-6-4-5-7-11/h11H,3-9H2,1-2H3,(H,16,17,18). The molecule has 0 radical (unpaired) electrons. The second-order valence-electron chi connectivity index (χ2n) is 4.96. The first-order valence-electron chi connectivity index (χ1n) is 7.09. The number of halogens is 1. The van der Waals surface area contributed by atoms with E-state index in [0.717, 1.165) is 30.2 Å². The van der Waals surface area contributed by atoms with Gasteiger partial charge in [0.1, 0.15) is 16.8 Å². The lowest BCUT2D eigenvalue weighted by molar-refractivity contribution is 0.0658. The van der Waals surface area contributed by atoms with Gasteiger partial charge in [0.25, 0.3) is 0 Å². The molecule has 4 nitrogen and oxygen atoms in total. The molecule has 1 aromatic rings. The minimum absolute atomic E-state index is 0.461. The van der Waals surface area contributed by atoms with Crippen molar-refractivity contribution in [2.45, 2.75) is 52.1 Å². The lowest BCUT2D eigenvalue weighted by Crippen LogP contribution is -2.17. The minimum atomic E-state index is 0.461.